The molecule has 1 aliphatic heterocycles. The normalized spacial score (nSPS) is 16.8. The van der Waals surface area contributed by atoms with Crippen molar-refractivity contribution in [1.29, 1.82) is 0 Å². The standard InChI is InChI=1S/C15H15F3N2S/c16-11-6-13(18)12(17)5-10(11)14(7-19)20-3-1-15-9(8-20)2-4-21-15/h2,4-6,14H,1,3,7-8,19H2. The summed E-state index contributed by atoms with van der Waals surface area (Å²) in [7, 11) is 0. The zero-order chi connectivity index (χ0) is 15.0. The van der Waals surface area contributed by atoms with Crippen molar-refractivity contribution in [3.05, 3.63) is 57.0 Å². The Bertz CT molecular complexity index is 656. The Balaban J connectivity index is 1.91. The molecule has 2 heterocycles. The molecule has 1 aliphatic rings. The molecule has 21 heavy (non-hydrogen) atoms. The molecule has 6 heteroatoms. The molecule has 0 saturated carbocycles. The summed E-state index contributed by atoms with van der Waals surface area (Å²) in [5, 5.41) is 2.03. The molecule has 112 valence electrons. The molecule has 0 bridgehead atoms. The van der Waals surface area contributed by atoms with Crippen LogP contribution in [0.2, 0.25) is 0 Å². The Morgan fingerprint density at radius 2 is 1.95 bits per heavy atom. The van der Waals surface area contributed by atoms with Gasteiger partial charge in [0.15, 0.2) is 11.6 Å². The molecule has 1 unspecified atom stereocenters. The lowest BCUT2D eigenvalue weighted by Crippen LogP contribution is -2.37. The summed E-state index contributed by atoms with van der Waals surface area (Å²) < 4.78 is 40.5. The lowest BCUT2D eigenvalue weighted by atomic mass is 10.0. The Hall–Kier alpha value is -1.37. The molecule has 0 fully saturated rings. The smallest absolute Gasteiger partial charge is 0.161 e. The molecule has 2 aromatic rings. The van der Waals surface area contributed by atoms with E-state index in [1.165, 1.54) is 10.4 Å². The van der Waals surface area contributed by atoms with Crippen LogP contribution < -0.4 is 5.73 Å². The van der Waals surface area contributed by atoms with Gasteiger partial charge in [0.05, 0.1) is 6.04 Å². The average molecular weight is 312 g/mol. The molecule has 0 saturated heterocycles. The fourth-order valence-corrected chi connectivity index (χ4v) is 3.69. The average Bonchev–Trinajstić information content (AvgIpc) is 2.92. The van der Waals surface area contributed by atoms with Gasteiger partial charge in [-0.1, -0.05) is 0 Å². The van der Waals surface area contributed by atoms with E-state index in [0.717, 1.165) is 19.0 Å². The monoisotopic (exact) mass is 312 g/mol. The van der Waals surface area contributed by atoms with Gasteiger partial charge in [0.25, 0.3) is 0 Å². The van der Waals surface area contributed by atoms with E-state index in [9.17, 15) is 13.2 Å². The van der Waals surface area contributed by atoms with Gasteiger partial charge >= 0.3 is 0 Å². The fourth-order valence-electron chi connectivity index (χ4n) is 2.80. The molecule has 3 rings (SSSR count). The summed E-state index contributed by atoms with van der Waals surface area (Å²) in [6.45, 7) is 1.54. The molecule has 0 aliphatic carbocycles. The molecule has 0 amide bonds. The van der Waals surface area contributed by atoms with Gasteiger partial charge in [-0.05, 0) is 29.5 Å². The number of thiophene rings is 1. The van der Waals surface area contributed by atoms with Crippen molar-refractivity contribution in [3.8, 4) is 0 Å². The number of benzene rings is 1. The fraction of sp³-hybridized carbons (Fsp3) is 0.333. The first-order valence-corrected chi connectivity index (χ1v) is 7.62. The van der Waals surface area contributed by atoms with Crippen molar-refractivity contribution in [3.63, 3.8) is 0 Å². The summed E-state index contributed by atoms with van der Waals surface area (Å²) in [6.07, 6.45) is 0.870. The van der Waals surface area contributed by atoms with E-state index in [1.54, 1.807) is 11.3 Å². The molecule has 2 N–H and O–H groups in total. The maximum atomic E-state index is 14.0. The Kier molecular flexibility index (Phi) is 4.01. The largest absolute Gasteiger partial charge is 0.329 e. The first-order chi connectivity index (χ1) is 10.1. The minimum atomic E-state index is -1.18. The van der Waals surface area contributed by atoms with Crippen molar-refractivity contribution in [2.24, 2.45) is 5.73 Å². The van der Waals surface area contributed by atoms with E-state index >= 15 is 0 Å². The minimum absolute atomic E-state index is 0.120. The van der Waals surface area contributed by atoms with Gasteiger partial charge < -0.3 is 5.73 Å². The number of hydrogen-bond acceptors (Lipinski definition) is 3. The molecule has 1 atom stereocenters. The maximum Gasteiger partial charge on any atom is 0.161 e. The predicted molar refractivity (Wildman–Crippen MR) is 76.5 cm³/mol. The number of rotatable bonds is 3. The zero-order valence-electron chi connectivity index (χ0n) is 11.3. The van der Waals surface area contributed by atoms with E-state index in [1.807, 2.05) is 16.3 Å². The first kappa shape index (κ1) is 14.6. The topological polar surface area (TPSA) is 29.3 Å². The van der Waals surface area contributed by atoms with Crippen LogP contribution >= 0.6 is 11.3 Å². The van der Waals surface area contributed by atoms with Gasteiger partial charge in [0.2, 0.25) is 0 Å². The summed E-state index contributed by atoms with van der Waals surface area (Å²) in [6, 6.07) is 3.10. The molecule has 0 spiro atoms. The third-order valence-electron chi connectivity index (χ3n) is 3.90. The van der Waals surface area contributed by atoms with E-state index in [4.69, 9.17) is 5.73 Å². The van der Waals surface area contributed by atoms with Crippen molar-refractivity contribution in [2.45, 2.75) is 19.0 Å². The van der Waals surface area contributed by atoms with Crippen LogP contribution in [0.25, 0.3) is 0 Å². The molecular weight excluding hydrogens is 297 g/mol. The van der Waals surface area contributed by atoms with Crippen molar-refractivity contribution in [2.75, 3.05) is 13.1 Å². The van der Waals surface area contributed by atoms with E-state index < -0.39 is 23.5 Å². The van der Waals surface area contributed by atoms with Crippen molar-refractivity contribution < 1.29 is 13.2 Å². The highest BCUT2D eigenvalue weighted by Crippen LogP contribution is 2.31. The highest BCUT2D eigenvalue weighted by Gasteiger charge is 2.27. The summed E-state index contributed by atoms with van der Waals surface area (Å²) >= 11 is 1.71. The van der Waals surface area contributed by atoms with Gasteiger partial charge in [0.1, 0.15) is 5.82 Å². The van der Waals surface area contributed by atoms with Gasteiger partial charge in [0, 0.05) is 36.1 Å². The molecule has 0 radical (unpaired) electrons. The third-order valence-corrected chi connectivity index (χ3v) is 4.92. The second-order valence-corrected chi connectivity index (χ2v) is 6.13. The quantitative estimate of drug-likeness (QED) is 0.882. The Morgan fingerprint density at radius 3 is 2.71 bits per heavy atom. The van der Waals surface area contributed by atoms with Crippen LogP contribution in [0.3, 0.4) is 0 Å². The van der Waals surface area contributed by atoms with Crippen LogP contribution in [0.15, 0.2) is 23.6 Å². The number of halogens is 3. The van der Waals surface area contributed by atoms with Crippen LogP contribution in [-0.4, -0.2) is 18.0 Å². The molecule has 1 aromatic heterocycles. The SMILES string of the molecule is NCC(c1cc(F)c(F)cc1F)N1CCc2sccc2C1. The highest BCUT2D eigenvalue weighted by molar-refractivity contribution is 7.10. The van der Waals surface area contributed by atoms with Gasteiger partial charge in [-0.15, -0.1) is 11.3 Å². The summed E-state index contributed by atoms with van der Waals surface area (Å²) in [5.74, 6) is -2.97. The van der Waals surface area contributed by atoms with Crippen molar-refractivity contribution >= 4 is 11.3 Å². The first-order valence-electron chi connectivity index (χ1n) is 6.74. The van der Waals surface area contributed by atoms with Crippen LogP contribution in [0.4, 0.5) is 13.2 Å². The third kappa shape index (κ3) is 2.71. The Labute approximate surface area is 125 Å². The number of fused-ring (bicyclic) bond motifs is 1. The minimum Gasteiger partial charge on any atom is -0.329 e. The van der Waals surface area contributed by atoms with Gasteiger partial charge in [-0.3, -0.25) is 4.90 Å². The number of nitrogens with two attached hydrogens (primary N) is 1. The lowest BCUT2D eigenvalue weighted by molar-refractivity contribution is 0.181. The van der Waals surface area contributed by atoms with Crippen LogP contribution in [-0.2, 0) is 13.0 Å². The highest BCUT2D eigenvalue weighted by atomic mass is 32.1. The number of hydrogen-bond donors (Lipinski definition) is 1. The second-order valence-electron chi connectivity index (χ2n) is 5.13. The van der Waals surface area contributed by atoms with E-state index in [0.29, 0.717) is 12.6 Å². The lowest BCUT2D eigenvalue weighted by Gasteiger charge is -2.34. The van der Waals surface area contributed by atoms with E-state index in [2.05, 4.69) is 0 Å². The molecule has 1 aromatic carbocycles. The second kappa shape index (κ2) is 5.79. The molecule has 2 nitrogen and oxygen atoms in total. The van der Waals surface area contributed by atoms with Gasteiger partial charge in [-0.25, -0.2) is 13.2 Å². The Morgan fingerprint density at radius 1 is 1.19 bits per heavy atom. The molecular formula is C15H15F3N2S. The van der Waals surface area contributed by atoms with Crippen LogP contribution in [0.1, 0.15) is 22.0 Å². The van der Waals surface area contributed by atoms with Crippen LogP contribution in [0.5, 0.6) is 0 Å². The maximum absolute atomic E-state index is 14.0. The zero-order valence-corrected chi connectivity index (χ0v) is 12.1. The van der Waals surface area contributed by atoms with Crippen molar-refractivity contribution in [1.82, 2.24) is 4.90 Å². The van der Waals surface area contributed by atoms with Gasteiger partial charge in [-0.2, -0.15) is 0 Å². The van der Waals surface area contributed by atoms with Crippen LogP contribution in [0, 0.1) is 17.5 Å². The summed E-state index contributed by atoms with van der Waals surface area (Å²) in [5.41, 5.74) is 7.09. The summed E-state index contributed by atoms with van der Waals surface area (Å²) in [4.78, 5) is 3.35. The van der Waals surface area contributed by atoms with E-state index in [-0.39, 0.29) is 12.1 Å². The predicted octanol–water partition coefficient (Wildman–Crippen LogP) is 3.22. The number of nitrogens with zero attached hydrogens (tertiary/aromatic N) is 1.